The molecule has 1 heterocycles. The van der Waals surface area contributed by atoms with Gasteiger partial charge in [-0.3, -0.25) is 4.79 Å². The summed E-state index contributed by atoms with van der Waals surface area (Å²) >= 11 is 0. The van der Waals surface area contributed by atoms with Gasteiger partial charge >= 0.3 is 0 Å². The van der Waals surface area contributed by atoms with Crippen LogP contribution < -0.4 is 4.74 Å². The van der Waals surface area contributed by atoms with Crippen molar-refractivity contribution in [3.05, 3.63) is 23.4 Å². The van der Waals surface area contributed by atoms with Gasteiger partial charge in [0.2, 0.25) is 5.88 Å². The van der Waals surface area contributed by atoms with Crippen LogP contribution in [0.1, 0.15) is 22.3 Å². The monoisotopic (exact) mass is 190 g/mol. The number of ketones is 1. The second-order valence-corrected chi connectivity index (χ2v) is 2.81. The van der Waals surface area contributed by atoms with Crippen LogP contribution in [0.4, 0.5) is 0 Å². The van der Waals surface area contributed by atoms with Gasteiger partial charge in [-0.2, -0.15) is 5.26 Å². The van der Waals surface area contributed by atoms with Gasteiger partial charge in [0.25, 0.3) is 0 Å². The smallest absolute Gasteiger partial charge is 0.215 e. The van der Waals surface area contributed by atoms with Crippen LogP contribution in [0.25, 0.3) is 0 Å². The molecule has 0 saturated carbocycles. The van der Waals surface area contributed by atoms with E-state index in [2.05, 4.69) is 4.98 Å². The largest absolute Gasteiger partial charge is 0.481 e. The van der Waals surface area contributed by atoms with E-state index >= 15 is 0 Å². The maximum absolute atomic E-state index is 11.3. The first-order valence-corrected chi connectivity index (χ1v) is 4.10. The fourth-order valence-electron chi connectivity index (χ4n) is 1.10. The highest BCUT2D eigenvalue weighted by atomic mass is 16.5. The van der Waals surface area contributed by atoms with Crippen molar-refractivity contribution in [2.45, 2.75) is 13.3 Å². The molecule has 1 aromatic rings. The highest BCUT2D eigenvalue weighted by Crippen LogP contribution is 2.15. The minimum absolute atomic E-state index is 0.118. The summed E-state index contributed by atoms with van der Waals surface area (Å²) in [5.74, 6) is 0.282. The van der Waals surface area contributed by atoms with E-state index in [9.17, 15) is 4.79 Å². The first-order chi connectivity index (χ1) is 6.69. The van der Waals surface area contributed by atoms with Crippen LogP contribution in [0.5, 0.6) is 5.88 Å². The van der Waals surface area contributed by atoms with Gasteiger partial charge in [-0.25, -0.2) is 4.98 Å². The number of hydrogen-bond donors (Lipinski definition) is 0. The molecule has 0 N–H and O–H groups in total. The molecule has 14 heavy (non-hydrogen) atoms. The number of aromatic nitrogens is 1. The molecule has 4 heteroatoms. The molecule has 0 aromatic carbocycles. The molecule has 0 radical (unpaired) electrons. The first kappa shape index (κ1) is 10.2. The molecule has 0 atom stereocenters. The number of hydrogen-bond acceptors (Lipinski definition) is 4. The number of Topliss-reactive ketones (excluding diaryl/α,β-unsaturated/α-hetero) is 1. The quantitative estimate of drug-likeness (QED) is 0.677. The van der Waals surface area contributed by atoms with Crippen LogP contribution in [0.3, 0.4) is 0 Å². The first-order valence-electron chi connectivity index (χ1n) is 4.10. The zero-order chi connectivity index (χ0) is 10.6. The molecule has 0 unspecified atom stereocenters. The van der Waals surface area contributed by atoms with Crippen molar-refractivity contribution in [3.63, 3.8) is 0 Å². The van der Waals surface area contributed by atoms with Crippen LogP contribution in [0.15, 0.2) is 12.3 Å². The third-order valence-electron chi connectivity index (χ3n) is 1.79. The zero-order valence-corrected chi connectivity index (χ0v) is 8.07. The van der Waals surface area contributed by atoms with E-state index in [0.29, 0.717) is 11.4 Å². The minimum Gasteiger partial charge on any atom is -0.481 e. The third kappa shape index (κ3) is 2.07. The Morgan fingerprint density at radius 2 is 2.43 bits per heavy atom. The zero-order valence-electron chi connectivity index (χ0n) is 8.07. The minimum atomic E-state index is -0.217. The Hall–Kier alpha value is -1.89. The molecule has 0 spiro atoms. The summed E-state index contributed by atoms with van der Waals surface area (Å²) in [5.41, 5.74) is 1.24. The summed E-state index contributed by atoms with van der Waals surface area (Å²) in [6.07, 6.45) is 1.30. The summed E-state index contributed by atoms with van der Waals surface area (Å²) in [5, 5.41) is 8.35. The van der Waals surface area contributed by atoms with Crippen LogP contribution in [-0.2, 0) is 0 Å². The number of aryl methyl sites for hydroxylation is 1. The second-order valence-electron chi connectivity index (χ2n) is 2.81. The van der Waals surface area contributed by atoms with E-state index in [1.165, 1.54) is 13.3 Å². The summed E-state index contributed by atoms with van der Waals surface area (Å²) < 4.78 is 4.95. The van der Waals surface area contributed by atoms with Crippen LogP contribution in [0, 0.1) is 18.3 Å². The number of methoxy groups -OCH3 is 1. The van der Waals surface area contributed by atoms with E-state index < -0.39 is 0 Å². The molecule has 0 saturated heterocycles. The topological polar surface area (TPSA) is 63.0 Å². The predicted octanol–water partition coefficient (Wildman–Crippen LogP) is 1.49. The van der Waals surface area contributed by atoms with Gasteiger partial charge in [-0.05, 0) is 13.0 Å². The predicted molar refractivity (Wildman–Crippen MR) is 50.1 cm³/mol. The standard InChI is InChI=1S/C10H10N2O2/c1-7-5-8(9(13)3-4-11)6-12-10(7)14-2/h5-6H,3H2,1-2H3. The van der Waals surface area contributed by atoms with E-state index in [1.54, 1.807) is 19.1 Å². The molecule has 4 nitrogen and oxygen atoms in total. The molecule has 0 aliphatic carbocycles. The third-order valence-corrected chi connectivity index (χ3v) is 1.79. The van der Waals surface area contributed by atoms with Gasteiger partial charge in [0.1, 0.15) is 0 Å². The fourth-order valence-corrected chi connectivity index (χ4v) is 1.10. The lowest BCUT2D eigenvalue weighted by molar-refractivity contribution is 0.0997. The van der Waals surface area contributed by atoms with Crippen molar-refractivity contribution in [3.8, 4) is 11.9 Å². The Bertz CT molecular complexity index is 394. The number of carbonyl (C=O) groups is 1. The molecular weight excluding hydrogens is 180 g/mol. The molecule has 0 aliphatic rings. The second kappa shape index (κ2) is 4.38. The molecule has 1 rings (SSSR count). The van der Waals surface area contributed by atoms with Crippen molar-refractivity contribution in [2.75, 3.05) is 7.11 Å². The molecule has 72 valence electrons. The van der Waals surface area contributed by atoms with Crippen molar-refractivity contribution in [2.24, 2.45) is 0 Å². The Balaban J connectivity index is 2.98. The summed E-state index contributed by atoms with van der Waals surface area (Å²) in [4.78, 5) is 15.2. The fraction of sp³-hybridized carbons (Fsp3) is 0.300. The van der Waals surface area contributed by atoms with E-state index in [0.717, 1.165) is 5.56 Å². The van der Waals surface area contributed by atoms with Gasteiger partial charge < -0.3 is 4.74 Å². The molecular formula is C10H10N2O2. The Kier molecular flexibility index (Phi) is 3.19. The highest BCUT2D eigenvalue weighted by molar-refractivity contribution is 5.97. The van der Waals surface area contributed by atoms with Crippen LogP contribution in [-0.4, -0.2) is 17.9 Å². The average molecular weight is 190 g/mol. The maximum Gasteiger partial charge on any atom is 0.215 e. The van der Waals surface area contributed by atoms with Gasteiger partial charge in [-0.15, -0.1) is 0 Å². The van der Waals surface area contributed by atoms with Gasteiger partial charge in [0, 0.05) is 17.3 Å². The van der Waals surface area contributed by atoms with Crippen LogP contribution in [0.2, 0.25) is 0 Å². The molecule has 0 bridgehead atoms. The maximum atomic E-state index is 11.3. The molecule has 0 aliphatic heterocycles. The van der Waals surface area contributed by atoms with Crippen molar-refractivity contribution in [1.29, 1.82) is 5.26 Å². The normalized spacial score (nSPS) is 9.21. The number of pyridine rings is 1. The van der Waals surface area contributed by atoms with Gasteiger partial charge in [0.05, 0.1) is 19.6 Å². The van der Waals surface area contributed by atoms with Gasteiger partial charge in [-0.1, -0.05) is 0 Å². The number of nitriles is 1. The molecule has 0 amide bonds. The summed E-state index contributed by atoms with van der Waals surface area (Å²) in [6.45, 7) is 1.80. The summed E-state index contributed by atoms with van der Waals surface area (Å²) in [6, 6.07) is 3.48. The van der Waals surface area contributed by atoms with Crippen molar-refractivity contribution < 1.29 is 9.53 Å². The number of rotatable bonds is 3. The van der Waals surface area contributed by atoms with Crippen molar-refractivity contribution >= 4 is 5.78 Å². The van der Waals surface area contributed by atoms with Crippen LogP contribution >= 0.6 is 0 Å². The lowest BCUT2D eigenvalue weighted by Gasteiger charge is -2.03. The number of nitrogens with zero attached hydrogens (tertiary/aromatic N) is 2. The van der Waals surface area contributed by atoms with E-state index in [4.69, 9.17) is 10.00 Å². The Morgan fingerprint density at radius 1 is 1.71 bits per heavy atom. The molecule has 1 aromatic heterocycles. The Labute approximate surface area is 82.1 Å². The Morgan fingerprint density at radius 3 is 2.93 bits per heavy atom. The summed E-state index contributed by atoms with van der Waals surface area (Å²) in [7, 11) is 1.52. The number of carbonyl (C=O) groups excluding carboxylic acids is 1. The molecule has 0 fully saturated rings. The lowest BCUT2D eigenvalue weighted by Crippen LogP contribution is -2.00. The highest BCUT2D eigenvalue weighted by Gasteiger charge is 2.08. The average Bonchev–Trinajstić information content (AvgIpc) is 2.18. The number of ether oxygens (including phenoxy) is 1. The van der Waals surface area contributed by atoms with Crippen molar-refractivity contribution in [1.82, 2.24) is 4.98 Å². The lowest BCUT2D eigenvalue weighted by atomic mass is 10.1. The SMILES string of the molecule is COc1ncc(C(=O)CC#N)cc1C. The van der Waals surface area contributed by atoms with E-state index in [-0.39, 0.29) is 12.2 Å². The van der Waals surface area contributed by atoms with E-state index in [1.807, 2.05) is 0 Å². The van der Waals surface area contributed by atoms with Gasteiger partial charge in [0.15, 0.2) is 5.78 Å².